The number of aryl methyl sites for hydroxylation is 2. The molecule has 2 N–H and O–H groups in total. The smallest absolute Gasteiger partial charge is 0.129 e. The number of aliphatic hydroxyl groups is 1. The summed E-state index contributed by atoms with van der Waals surface area (Å²) in [5.41, 5.74) is 4.66. The Kier molecular flexibility index (Phi) is 6.11. The molecule has 0 saturated carbocycles. The SMILES string of the molecule is Cc1ccc(CN(C[C@@H](O)COc2cccc3[nH]cc(C)c23)C(C)(C)C)cc1. The molecule has 0 aliphatic rings. The summed E-state index contributed by atoms with van der Waals surface area (Å²) in [7, 11) is 0. The van der Waals surface area contributed by atoms with Crippen molar-refractivity contribution in [2.45, 2.75) is 52.8 Å². The highest BCUT2D eigenvalue weighted by molar-refractivity contribution is 5.89. The van der Waals surface area contributed by atoms with Crippen LogP contribution < -0.4 is 4.74 Å². The molecule has 0 bridgehead atoms. The fourth-order valence-corrected chi connectivity index (χ4v) is 3.42. The average Bonchev–Trinajstić information content (AvgIpc) is 3.02. The lowest BCUT2D eigenvalue weighted by Crippen LogP contribution is -2.46. The monoisotopic (exact) mass is 380 g/mol. The van der Waals surface area contributed by atoms with Crippen LogP contribution in [0, 0.1) is 13.8 Å². The highest BCUT2D eigenvalue weighted by Gasteiger charge is 2.24. The van der Waals surface area contributed by atoms with Crippen LogP contribution in [0.25, 0.3) is 10.9 Å². The van der Waals surface area contributed by atoms with Crippen molar-refractivity contribution in [1.82, 2.24) is 9.88 Å². The molecular weight excluding hydrogens is 348 g/mol. The van der Waals surface area contributed by atoms with Gasteiger partial charge in [-0.3, -0.25) is 4.90 Å². The molecule has 0 aliphatic heterocycles. The van der Waals surface area contributed by atoms with Crippen molar-refractivity contribution in [2.75, 3.05) is 13.2 Å². The number of ether oxygens (including phenoxy) is 1. The van der Waals surface area contributed by atoms with Gasteiger partial charge in [0.1, 0.15) is 18.5 Å². The van der Waals surface area contributed by atoms with Crippen LogP contribution in [-0.2, 0) is 6.54 Å². The average molecular weight is 381 g/mol. The second-order valence-corrected chi connectivity index (χ2v) is 8.65. The summed E-state index contributed by atoms with van der Waals surface area (Å²) >= 11 is 0. The van der Waals surface area contributed by atoms with Crippen molar-refractivity contribution in [3.63, 3.8) is 0 Å². The normalized spacial score (nSPS) is 13.2. The van der Waals surface area contributed by atoms with Gasteiger partial charge in [-0.15, -0.1) is 0 Å². The van der Waals surface area contributed by atoms with Crippen LogP contribution in [0.5, 0.6) is 5.75 Å². The van der Waals surface area contributed by atoms with E-state index in [1.807, 2.05) is 24.4 Å². The first-order valence-electron chi connectivity index (χ1n) is 9.92. The van der Waals surface area contributed by atoms with Crippen molar-refractivity contribution in [3.8, 4) is 5.75 Å². The summed E-state index contributed by atoms with van der Waals surface area (Å²) in [4.78, 5) is 5.55. The third kappa shape index (κ3) is 4.94. The van der Waals surface area contributed by atoms with Crippen LogP contribution >= 0.6 is 0 Å². The Morgan fingerprint density at radius 2 is 1.79 bits per heavy atom. The van der Waals surface area contributed by atoms with Gasteiger partial charge in [-0.2, -0.15) is 0 Å². The summed E-state index contributed by atoms with van der Waals surface area (Å²) < 4.78 is 6.00. The molecule has 3 rings (SSSR count). The molecule has 3 aromatic rings. The van der Waals surface area contributed by atoms with Crippen molar-refractivity contribution < 1.29 is 9.84 Å². The second kappa shape index (κ2) is 8.38. The number of aromatic nitrogens is 1. The third-order valence-electron chi connectivity index (χ3n) is 5.17. The van der Waals surface area contributed by atoms with Crippen molar-refractivity contribution in [1.29, 1.82) is 0 Å². The number of hydrogen-bond acceptors (Lipinski definition) is 3. The zero-order valence-electron chi connectivity index (χ0n) is 17.6. The summed E-state index contributed by atoms with van der Waals surface area (Å²) in [6.07, 6.45) is 1.41. The van der Waals surface area contributed by atoms with Gasteiger partial charge >= 0.3 is 0 Å². The minimum absolute atomic E-state index is 0.0525. The van der Waals surface area contributed by atoms with E-state index in [2.05, 4.69) is 68.8 Å². The Morgan fingerprint density at radius 1 is 1.07 bits per heavy atom. The lowest BCUT2D eigenvalue weighted by molar-refractivity contribution is 0.0288. The van der Waals surface area contributed by atoms with Crippen molar-refractivity contribution in [2.24, 2.45) is 0 Å². The number of hydrogen-bond donors (Lipinski definition) is 2. The van der Waals surface area contributed by atoms with Crippen LogP contribution in [0.3, 0.4) is 0 Å². The van der Waals surface area contributed by atoms with Crippen LogP contribution in [0.4, 0.5) is 0 Å². The minimum atomic E-state index is -0.570. The quantitative estimate of drug-likeness (QED) is 0.617. The Morgan fingerprint density at radius 3 is 2.46 bits per heavy atom. The van der Waals surface area contributed by atoms with E-state index in [1.54, 1.807) is 0 Å². The van der Waals surface area contributed by atoms with E-state index in [4.69, 9.17) is 4.74 Å². The van der Waals surface area contributed by atoms with Gasteiger partial charge in [-0.05, 0) is 57.9 Å². The minimum Gasteiger partial charge on any atom is -0.490 e. The lowest BCUT2D eigenvalue weighted by atomic mass is 10.0. The van der Waals surface area contributed by atoms with Crippen LogP contribution in [0.2, 0.25) is 0 Å². The molecule has 1 heterocycles. The summed E-state index contributed by atoms with van der Waals surface area (Å²) in [5.74, 6) is 0.816. The van der Waals surface area contributed by atoms with Gasteiger partial charge in [-0.1, -0.05) is 35.9 Å². The molecular formula is C24H32N2O2. The summed E-state index contributed by atoms with van der Waals surface area (Å²) in [6, 6.07) is 14.6. The first-order chi connectivity index (χ1) is 13.2. The maximum absolute atomic E-state index is 10.7. The molecule has 4 heteroatoms. The standard InChI is InChI=1S/C24H32N2O2/c1-17-9-11-19(12-10-17)14-26(24(3,4)5)15-20(27)16-28-22-8-6-7-21-23(22)18(2)13-25-21/h6-13,20,25,27H,14-16H2,1-5H3/t20-/m1/s1. The van der Waals surface area contributed by atoms with Gasteiger partial charge in [0.05, 0.1) is 0 Å². The number of aliphatic hydroxyl groups excluding tert-OH is 1. The van der Waals surface area contributed by atoms with Crippen molar-refractivity contribution >= 4 is 10.9 Å². The van der Waals surface area contributed by atoms with Gasteiger partial charge in [0.25, 0.3) is 0 Å². The first kappa shape index (κ1) is 20.4. The molecule has 4 nitrogen and oxygen atoms in total. The van der Waals surface area contributed by atoms with Crippen molar-refractivity contribution in [3.05, 3.63) is 65.4 Å². The first-order valence-corrected chi connectivity index (χ1v) is 9.92. The second-order valence-electron chi connectivity index (χ2n) is 8.65. The molecule has 150 valence electrons. The van der Waals surface area contributed by atoms with E-state index in [-0.39, 0.29) is 12.1 Å². The van der Waals surface area contributed by atoms with E-state index in [0.717, 1.165) is 28.8 Å². The van der Waals surface area contributed by atoms with Gasteiger partial charge in [0, 0.05) is 35.7 Å². The van der Waals surface area contributed by atoms with E-state index < -0.39 is 6.10 Å². The Hall–Kier alpha value is -2.30. The molecule has 0 radical (unpaired) electrons. The molecule has 0 saturated heterocycles. The maximum Gasteiger partial charge on any atom is 0.129 e. The Balaban J connectivity index is 1.65. The number of benzene rings is 2. The molecule has 0 spiro atoms. The Bertz CT molecular complexity index is 906. The van der Waals surface area contributed by atoms with Gasteiger partial charge in [0.15, 0.2) is 0 Å². The van der Waals surface area contributed by atoms with E-state index in [1.165, 1.54) is 11.1 Å². The van der Waals surface area contributed by atoms with Gasteiger partial charge in [0.2, 0.25) is 0 Å². The zero-order chi connectivity index (χ0) is 20.3. The highest BCUT2D eigenvalue weighted by Crippen LogP contribution is 2.28. The van der Waals surface area contributed by atoms with Gasteiger partial charge in [-0.25, -0.2) is 0 Å². The van der Waals surface area contributed by atoms with Crippen LogP contribution in [-0.4, -0.2) is 39.8 Å². The molecule has 0 amide bonds. The summed E-state index contributed by atoms with van der Waals surface area (Å²) in [6.45, 7) is 12.3. The predicted octanol–water partition coefficient (Wildman–Crippen LogP) is 4.83. The molecule has 1 aromatic heterocycles. The number of β-amino-alcohol motifs (C(OH)–C–C–N with tert-alkyl or cyclic N) is 1. The molecule has 28 heavy (non-hydrogen) atoms. The van der Waals surface area contributed by atoms with E-state index in [9.17, 15) is 5.11 Å². The summed E-state index contributed by atoms with van der Waals surface area (Å²) in [5, 5.41) is 11.8. The van der Waals surface area contributed by atoms with Gasteiger partial charge < -0.3 is 14.8 Å². The fraction of sp³-hybridized carbons (Fsp3) is 0.417. The molecule has 2 aromatic carbocycles. The number of fused-ring (bicyclic) bond motifs is 1. The zero-order valence-corrected chi connectivity index (χ0v) is 17.6. The number of H-pyrrole nitrogens is 1. The highest BCUT2D eigenvalue weighted by atomic mass is 16.5. The van der Waals surface area contributed by atoms with E-state index in [0.29, 0.717) is 6.54 Å². The number of nitrogens with zero attached hydrogens (tertiary/aromatic N) is 1. The fourth-order valence-electron chi connectivity index (χ4n) is 3.42. The molecule has 0 aliphatic carbocycles. The lowest BCUT2D eigenvalue weighted by Gasteiger charge is -2.37. The van der Waals surface area contributed by atoms with E-state index >= 15 is 0 Å². The predicted molar refractivity (Wildman–Crippen MR) is 116 cm³/mol. The third-order valence-corrected chi connectivity index (χ3v) is 5.17. The number of aromatic amines is 1. The molecule has 1 atom stereocenters. The van der Waals surface area contributed by atoms with Crippen LogP contribution in [0.15, 0.2) is 48.7 Å². The molecule has 0 fully saturated rings. The van der Waals surface area contributed by atoms with Crippen LogP contribution in [0.1, 0.15) is 37.5 Å². The maximum atomic E-state index is 10.7. The number of nitrogens with one attached hydrogen (secondary N) is 1. The Labute approximate surface area is 168 Å². The molecule has 0 unspecified atom stereocenters. The number of rotatable bonds is 7. The topological polar surface area (TPSA) is 48.5 Å². The largest absolute Gasteiger partial charge is 0.490 e.